The Morgan fingerprint density at radius 2 is 2.23 bits per heavy atom. The summed E-state index contributed by atoms with van der Waals surface area (Å²) >= 11 is 4.74. The van der Waals surface area contributed by atoms with Crippen molar-refractivity contribution in [3.63, 3.8) is 0 Å². The predicted molar refractivity (Wildman–Crippen MR) is 55.9 cm³/mol. The van der Waals surface area contributed by atoms with Gasteiger partial charge < -0.3 is 10.5 Å². The molecule has 0 fully saturated rings. The minimum Gasteiger partial charge on any atom is -0.465 e. The Bertz CT molecular complexity index is 187. The highest BCUT2D eigenvalue weighted by molar-refractivity contribution is 8.14. The fourth-order valence-corrected chi connectivity index (χ4v) is 1.44. The average molecular weight is 223 g/mol. The number of carbonyl (C=O) groups is 2. The molecule has 0 radical (unpaired) electrons. The molecule has 0 aromatic carbocycles. The molecule has 2 N–H and O–H groups in total. The Labute approximate surface area is 87.0 Å². The third-order valence-electron chi connectivity index (χ3n) is 1.14. The summed E-state index contributed by atoms with van der Waals surface area (Å²) in [5.41, 5.74) is 5.38. The van der Waals surface area contributed by atoms with Gasteiger partial charge in [0.1, 0.15) is 0 Å². The van der Waals surface area contributed by atoms with Crippen molar-refractivity contribution in [2.75, 3.05) is 18.1 Å². The molecule has 0 spiro atoms. The molecule has 0 heterocycles. The number of rotatable bonds is 5. The van der Waals surface area contributed by atoms with Crippen LogP contribution in [0.5, 0.6) is 0 Å². The summed E-state index contributed by atoms with van der Waals surface area (Å²) in [6.45, 7) is 2.04. The molecule has 0 aliphatic heterocycles. The Morgan fingerprint density at radius 3 is 2.69 bits per heavy atom. The highest BCUT2D eigenvalue weighted by Crippen LogP contribution is 2.05. The standard InChI is InChI=1S/C7H13NO3S2/c1-2-11-6(9)4-13-7(10)5(8)3-12/h5,12H,2-4,8H2,1H3/t5-/m0/s1. The lowest BCUT2D eigenvalue weighted by Gasteiger charge is -2.05. The van der Waals surface area contributed by atoms with E-state index >= 15 is 0 Å². The van der Waals surface area contributed by atoms with E-state index in [1.807, 2.05) is 0 Å². The van der Waals surface area contributed by atoms with Crippen LogP contribution >= 0.6 is 24.4 Å². The monoisotopic (exact) mass is 223 g/mol. The maximum atomic E-state index is 11.1. The Kier molecular flexibility index (Phi) is 7.12. The SMILES string of the molecule is CCOC(=O)CSC(=O)[C@@H](N)CS. The lowest BCUT2D eigenvalue weighted by Crippen LogP contribution is -2.30. The van der Waals surface area contributed by atoms with E-state index in [0.717, 1.165) is 11.8 Å². The molecule has 1 atom stereocenters. The first-order valence-corrected chi connectivity index (χ1v) is 5.42. The number of thioether (sulfide) groups is 1. The zero-order chi connectivity index (χ0) is 10.3. The third-order valence-corrected chi connectivity index (χ3v) is 2.50. The van der Waals surface area contributed by atoms with Crippen molar-refractivity contribution >= 4 is 35.5 Å². The van der Waals surface area contributed by atoms with E-state index in [1.165, 1.54) is 0 Å². The normalized spacial score (nSPS) is 12.2. The molecule has 0 rings (SSSR count). The topological polar surface area (TPSA) is 69.4 Å². The summed E-state index contributed by atoms with van der Waals surface area (Å²) in [6.07, 6.45) is 0. The number of carbonyl (C=O) groups excluding carboxylic acids is 2. The fraction of sp³-hybridized carbons (Fsp3) is 0.714. The van der Waals surface area contributed by atoms with Gasteiger partial charge in [0, 0.05) is 5.75 Å². The Morgan fingerprint density at radius 1 is 1.62 bits per heavy atom. The van der Waals surface area contributed by atoms with Gasteiger partial charge in [-0.1, -0.05) is 11.8 Å². The molecule has 76 valence electrons. The van der Waals surface area contributed by atoms with E-state index < -0.39 is 12.0 Å². The lowest BCUT2D eigenvalue weighted by atomic mass is 10.4. The van der Waals surface area contributed by atoms with Gasteiger partial charge in [0.15, 0.2) is 0 Å². The molecule has 6 heteroatoms. The zero-order valence-corrected chi connectivity index (χ0v) is 9.07. The second-order valence-electron chi connectivity index (χ2n) is 2.20. The molecule has 13 heavy (non-hydrogen) atoms. The van der Waals surface area contributed by atoms with Crippen LogP contribution in [0.15, 0.2) is 0 Å². The van der Waals surface area contributed by atoms with Crippen molar-refractivity contribution in [3.8, 4) is 0 Å². The average Bonchev–Trinajstić information content (AvgIpc) is 2.13. The quantitative estimate of drug-likeness (QED) is 0.510. The van der Waals surface area contributed by atoms with Gasteiger partial charge in [-0.25, -0.2) is 0 Å². The highest BCUT2D eigenvalue weighted by Gasteiger charge is 2.14. The van der Waals surface area contributed by atoms with Crippen LogP contribution in [0.3, 0.4) is 0 Å². The van der Waals surface area contributed by atoms with Gasteiger partial charge in [-0.2, -0.15) is 12.6 Å². The number of thiol groups is 1. The summed E-state index contributed by atoms with van der Waals surface area (Å²) < 4.78 is 4.63. The highest BCUT2D eigenvalue weighted by atomic mass is 32.2. The van der Waals surface area contributed by atoms with Gasteiger partial charge in [-0.15, -0.1) is 0 Å². The van der Waals surface area contributed by atoms with E-state index in [-0.39, 0.29) is 16.6 Å². The summed E-state index contributed by atoms with van der Waals surface area (Å²) in [6, 6.07) is -0.609. The van der Waals surface area contributed by atoms with E-state index in [2.05, 4.69) is 17.4 Å². The molecule has 0 aromatic rings. The molecule has 0 saturated carbocycles. The van der Waals surface area contributed by atoms with Gasteiger partial charge in [0.2, 0.25) is 5.12 Å². The Hall–Kier alpha value is -0.200. The number of esters is 1. The van der Waals surface area contributed by atoms with Crippen LogP contribution in [0, 0.1) is 0 Å². The summed E-state index contributed by atoms with van der Waals surface area (Å²) in [7, 11) is 0. The molecule has 0 aromatic heterocycles. The van der Waals surface area contributed by atoms with Crippen molar-refractivity contribution in [1.29, 1.82) is 0 Å². The van der Waals surface area contributed by atoms with Gasteiger partial charge in [-0.05, 0) is 6.92 Å². The molecule has 0 aliphatic carbocycles. The molecule has 0 amide bonds. The second-order valence-corrected chi connectivity index (χ2v) is 3.55. The van der Waals surface area contributed by atoms with E-state index in [0.29, 0.717) is 6.61 Å². The molecule has 0 aliphatic rings. The van der Waals surface area contributed by atoms with Gasteiger partial charge in [0.05, 0.1) is 18.4 Å². The minimum atomic E-state index is -0.609. The van der Waals surface area contributed by atoms with Gasteiger partial charge >= 0.3 is 5.97 Å². The van der Waals surface area contributed by atoms with Crippen LogP contribution < -0.4 is 5.73 Å². The van der Waals surface area contributed by atoms with Crippen molar-refractivity contribution in [3.05, 3.63) is 0 Å². The minimum absolute atomic E-state index is 0.0220. The van der Waals surface area contributed by atoms with Gasteiger partial charge in [-0.3, -0.25) is 9.59 Å². The molecule has 0 unspecified atom stereocenters. The number of ether oxygens (including phenoxy) is 1. The van der Waals surface area contributed by atoms with Crippen molar-refractivity contribution in [1.82, 2.24) is 0 Å². The van der Waals surface area contributed by atoms with E-state index in [4.69, 9.17) is 5.73 Å². The molecular weight excluding hydrogens is 210 g/mol. The number of hydrogen-bond donors (Lipinski definition) is 2. The van der Waals surface area contributed by atoms with Gasteiger partial charge in [0.25, 0.3) is 0 Å². The first-order chi connectivity index (χ1) is 6.11. The molecule has 0 bridgehead atoms. The molecule has 4 nitrogen and oxygen atoms in total. The summed E-state index contributed by atoms with van der Waals surface area (Å²) in [5.74, 6) is -0.0878. The van der Waals surface area contributed by atoms with Crippen molar-refractivity contribution in [2.45, 2.75) is 13.0 Å². The molecule has 0 saturated heterocycles. The maximum absolute atomic E-state index is 11.1. The Balaban J connectivity index is 3.63. The van der Waals surface area contributed by atoms with Crippen LogP contribution in [0.2, 0.25) is 0 Å². The molecular formula is C7H13NO3S2. The third kappa shape index (κ3) is 5.95. The maximum Gasteiger partial charge on any atom is 0.316 e. The van der Waals surface area contributed by atoms with Crippen molar-refractivity contribution < 1.29 is 14.3 Å². The first kappa shape index (κ1) is 12.8. The van der Waals surface area contributed by atoms with Crippen LogP contribution in [-0.2, 0) is 14.3 Å². The fourth-order valence-electron chi connectivity index (χ4n) is 0.514. The number of hydrogen-bond acceptors (Lipinski definition) is 6. The van der Waals surface area contributed by atoms with E-state index in [1.54, 1.807) is 6.92 Å². The van der Waals surface area contributed by atoms with Crippen LogP contribution in [0.4, 0.5) is 0 Å². The van der Waals surface area contributed by atoms with Crippen molar-refractivity contribution in [2.24, 2.45) is 5.73 Å². The van der Waals surface area contributed by atoms with Crippen LogP contribution in [0.1, 0.15) is 6.92 Å². The largest absolute Gasteiger partial charge is 0.465 e. The second kappa shape index (κ2) is 7.23. The summed E-state index contributed by atoms with van der Waals surface area (Å²) in [5, 5.41) is -0.233. The number of nitrogens with two attached hydrogens (primary N) is 1. The zero-order valence-electron chi connectivity index (χ0n) is 7.36. The first-order valence-electron chi connectivity index (χ1n) is 3.80. The van der Waals surface area contributed by atoms with E-state index in [9.17, 15) is 9.59 Å². The summed E-state index contributed by atoms with van der Waals surface area (Å²) in [4.78, 5) is 21.9. The smallest absolute Gasteiger partial charge is 0.316 e. The predicted octanol–water partition coefficient (Wildman–Crippen LogP) is 0.0664. The lowest BCUT2D eigenvalue weighted by molar-refractivity contribution is -0.140. The van der Waals surface area contributed by atoms with Crippen LogP contribution in [0.25, 0.3) is 0 Å². The van der Waals surface area contributed by atoms with Crippen LogP contribution in [-0.4, -0.2) is 35.2 Å².